The van der Waals surface area contributed by atoms with Crippen molar-refractivity contribution in [3.05, 3.63) is 35.6 Å². The summed E-state index contributed by atoms with van der Waals surface area (Å²) in [6.45, 7) is -0.442. The lowest BCUT2D eigenvalue weighted by molar-refractivity contribution is -0.167. The second-order valence-electron chi connectivity index (χ2n) is 6.61. The molecule has 1 N–H and O–H groups in total. The van der Waals surface area contributed by atoms with Gasteiger partial charge in [-0.05, 0) is 17.7 Å². The fourth-order valence-electron chi connectivity index (χ4n) is 3.51. The Balaban J connectivity index is 2.05. The predicted molar refractivity (Wildman–Crippen MR) is 92.0 cm³/mol. The highest BCUT2D eigenvalue weighted by Gasteiger charge is 2.56. The van der Waals surface area contributed by atoms with Gasteiger partial charge in [-0.15, -0.1) is 0 Å². The lowest BCUT2D eigenvalue weighted by Gasteiger charge is -2.50. The van der Waals surface area contributed by atoms with E-state index in [1.54, 1.807) is 0 Å². The summed E-state index contributed by atoms with van der Waals surface area (Å²) in [6, 6.07) is 4.54. The van der Waals surface area contributed by atoms with Gasteiger partial charge in [0.25, 0.3) is 5.91 Å². The monoisotopic (exact) mass is 396 g/mol. The average Bonchev–Trinajstić information content (AvgIpc) is 2.93. The molecule has 28 heavy (non-hydrogen) atoms. The molecule has 0 saturated carbocycles. The number of methoxy groups -OCH3 is 1. The third kappa shape index (κ3) is 3.65. The quantitative estimate of drug-likeness (QED) is 0.748. The molecule has 1 aromatic rings. The van der Waals surface area contributed by atoms with Gasteiger partial charge in [0.2, 0.25) is 0 Å². The molecule has 9 nitrogen and oxygen atoms in total. The topological polar surface area (TPSA) is 106 Å². The first-order chi connectivity index (χ1) is 13.4. The van der Waals surface area contributed by atoms with Gasteiger partial charge >= 0.3 is 12.1 Å². The Labute approximate surface area is 160 Å². The van der Waals surface area contributed by atoms with Gasteiger partial charge in [-0.25, -0.2) is 9.18 Å². The number of hydrogen-bond acceptors (Lipinski definition) is 6. The maximum Gasteiger partial charge on any atom is 0.408 e. The summed E-state index contributed by atoms with van der Waals surface area (Å²) in [5, 5.41) is 9.78. The maximum atomic E-state index is 13.5. The second-order valence-corrected chi connectivity index (χ2v) is 6.61. The van der Waals surface area contributed by atoms with Crippen LogP contribution in [0.25, 0.3) is 0 Å². The molecule has 1 unspecified atom stereocenters. The summed E-state index contributed by atoms with van der Waals surface area (Å²) in [7, 11) is 1.20. The summed E-state index contributed by atoms with van der Waals surface area (Å²) >= 11 is 0. The SMILES string of the molecule is COC(=O)CN1C(=O)C2(COCCOC2)N(C(=O)O)CC1c1ccc(F)cc1. The van der Waals surface area contributed by atoms with Crippen LogP contribution in [0.2, 0.25) is 0 Å². The van der Waals surface area contributed by atoms with Crippen molar-refractivity contribution in [2.45, 2.75) is 11.6 Å². The lowest BCUT2D eigenvalue weighted by Crippen LogP contribution is -2.71. The fourth-order valence-corrected chi connectivity index (χ4v) is 3.51. The van der Waals surface area contributed by atoms with Crippen LogP contribution in [0.1, 0.15) is 11.6 Å². The average molecular weight is 396 g/mol. The minimum Gasteiger partial charge on any atom is -0.468 e. The Bertz CT molecular complexity index is 747. The molecule has 1 spiro atoms. The number of carboxylic acid groups (broad SMARTS) is 1. The molecule has 2 aliphatic heterocycles. The Morgan fingerprint density at radius 3 is 2.39 bits per heavy atom. The molecule has 10 heteroatoms. The van der Waals surface area contributed by atoms with E-state index in [-0.39, 0.29) is 39.5 Å². The van der Waals surface area contributed by atoms with Crippen LogP contribution >= 0.6 is 0 Å². The number of amides is 2. The van der Waals surface area contributed by atoms with Crippen molar-refractivity contribution < 1.29 is 38.1 Å². The summed E-state index contributed by atoms with van der Waals surface area (Å²) in [5.41, 5.74) is -1.11. The van der Waals surface area contributed by atoms with E-state index in [2.05, 4.69) is 0 Å². The molecule has 2 aliphatic rings. The summed E-state index contributed by atoms with van der Waals surface area (Å²) in [4.78, 5) is 39.6. The van der Waals surface area contributed by atoms with Crippen LogP contribution < -0.4 is 0 Å². The van der Waals surface area contributed by atoms with E-state index in [9.17, 15) is 23.9 Å². The van der Waals surface area contributed by atoms with Crippen molar-refractivity contribution in [2.75, 3.05) is 46.6 Å². The molecule has 1 aromatic carbocycles. The van der Waals surface area contributed by atoms with Crippen molar-refractivity contribution in [2.24, 2.45) is 0 Å². The standard InChI is InChI=1S/C18H21FN2O7/c1-26-15(22)9-20-14(12-2-4-13(19)5-3-12)8-21(17(24)25)18(16(20)23)10-27-6-7-28-11-18/h2-5,14H,6-11H2,1H3,(H,24,25). The van der Waals surface area contributed by atoms with E-state index in [0.717, 1.165) is 4.90 Å². The van der Waals surface area contributed by atoms with Gasteiger partial charge in [-0.1, -0.05) is 12.1 Å². The molecule has 1 atom stereocenters. The first kappa shape index (κ1) is 20.0. The molecule has 2 amide bonds. The Morgan fingerprint density at radius 1 is 1.25 bits per heavy atom. The van der Waals surface area contributed by atoms with E-state index in [1.165, 1.54) is 36.3 Å². The zero-order valence-electron chi connectivity index (χ0n) is 15.3. The number of esters is 1. The molecule has 152 valence electrons. The highest BCUT2D eigenvalue weighted by Crippen LogP contribution is 2.35. The van der Waals surface area contributed by atoms with Crippen LogP contribution in [0, 0.1) is 5.82 Å². The van der Waals surface area contributed by atoms with Crippen LogP contribution in [0.15, 0.2) is 24.3 Å². The van der Waals surface area contributed by atoms with E-state index in [1.807, 2.05) is 0 Å². The van der Waals surface area contributed by atoms with Gasteiger partial charge in [-0.2, -0.15) is 0 Å². The summed E-state index contributed by atoms with van der Waals surface area (Å²) in [6.07, 6.45) is -1.31. The molecular weight excluding hydrogens is 375 g/mol. The van der Waals surface area contributed by atoms with E-state index < -0.39 is 35.4 Å². The minimum atomic E-state index is -1.60. The summed E-state index contributed by atoms with van der Waals surface area (Å²) in [5.74, 6) is -1.75. The van der Waals surface area contributed by atoms with Gasteiger partial charge in [0.15, 0.2) is 5.54 Å². The van der Waals surface area contributed by atoms with Crippen molar-refractivity contribution in [1.29, 1.82) is 0 Å². The third-order valence-electron chi connectivity index (χ3n) is 4.97. The molecule has 3 rings (SSSR count). The number of benzene rings is 1. The highest BCUT2D eigenvalue weighted by molar-refractivity contribution is 5.93. The molecule has 2 fully saturated rings. The molecule has 0 aliphatic carbocycles. The smallest absolute Gasteiger partial charge is 0.408 e. The predicted octanol–water partition coefficient (Wildman–Crippen LogP) is 0.648. The zero-order chi connectivity index (χ0) is 20.3. The lowest BCUT2D eigenvalue weighted by atomic mass is 9.89. The van der Waals surface area contributed by atoms with Gasteiger partial charge in [0.05, 0.1) is 39.6 Å². The van der Waals surface area contributed by atoms with Crippen LogP contribution in [0.3, 0.4) is 0 Å². The fraction of sp³-hybridized carbons (Fsp3) is 0.500. The number of hydrogen-bond donors (Lipinski definition) is 1. The van der Waals surface area contributed by atoms with Gasteiger partial charge < -0.3 is 24.2 Å². The van der Waals surface area contributed by atoms with E-state index in [0.29, 0.717) is 5.56 Å². The number of ether oxygens (including phenoxy) is 3. The van der Waals surface area contributed by atoms with Crippen molar-refractivity contribution in [3.63, 3.8) is 0 Å². The highest BCUT2D eigenvalue weighted by atomic mass is 19.1. The normalized spacial score (nSPS) is 22.1. The van der Waals surface area contributed by atoms with E-state index in [4.69, 9.17) is 14.2 Å². The Morgan fingerprint density at radius 2 is 1.86 bits per heavy atom. The van der Waals surface area contributed by atoms with Crippen molar-refractivity contribution in [1.82, 2.24) is 9.80 Å². The summed E-state index contributed by atoms with van der Waals surface area (Å²) < 4.78 is 28.9. The molecule has 0 bridgehead atoms. The van der Waals surface area contributed by atoms with Gasteiger partial charge in [-0.3, -0.25) is 14.5 Å². The molecule has 2 heterocycles. The number of rotatable bonds is 3. The van der Waals surface area contributed by atoms with E-state index >= 15 is 0 Å². The first-order valence-electron chi connectivity index (χ1n) is 8.68. The maximum absolute atomic E-state index is 13.5. The van der Waals surface area contributed by atoms with Gasteiger partial charge in [0.1, 0.15) is 12.4 Å². The molecule has 2 saturated heterocycles. The first-order valence-corrected chi connectivity index (χ1v) is 8.68. The van der Waals surface area contributed by atoms with Gasteiger partial charge in [0, 0.05) is 6.54 Å². The largest absolute Gasteiger partial charge is 0.468 e. The number of halogens is 1. The third-order valence-corrected chi connectivity index (χ3v) is 4.97. The van der Waals surface area contributed by atoms with Crippen LogP contribution in [0.5, 0.6) is 0 Å². The van der Waals surface area contributed by atoms with Crippen LogP contribution in [-0.2, 0) is 23.8 Å². The van der Waals surface area contributed by atoms with Crippen molar-refractivity contribution >= 4 is 18.0 Å². The molecular formula is C18H21FN2O7. The number of carbonyl (C=O) groups excluding carboxylic acids is 2. The minimum absolute atomic E-state index is 0.129. The van der Waals surface area contributed by atoms with Crippen LogP contribution in [-0.4, -0.2) is 85.0 Å². The number of nitrogens with zero attached hydrogens (tertiary/aromatic N) is 2. The van der Waals surface area contributed by atoms with Crippen LogP contribution in [0.4, 0.5) is 9.18 Å². The van der Waals surface area contributed by atoms with Crippen molar-refractivity contribution in [3.8, 4) is 0 Å². The number of carbonyl (C=O) groups is 3. The Kier molecular flexibility index (Phi) is 5.80. The second kappa shape index (κ2) is 8.11. The molecule has 0 aromatic heterocycles. The number of piperazine rings is 1. The zero-order valence-corrected chi connectivity index (χ0v) is 15.3. The molecule has 0 radical (unpaired) electrons. The Hall–Kier alpha value is -2.72.